The highest BCUT2D eigenvalue weighted by Crippen LogP contribution is 2.61. The quantitative estimate of drug-likeness (QED) is 0.463. The summed E-state index contributed by atoms with van der Waals surface area (Å²) in [4.78, 5) is 37.3. The second-order valence-electron chi connectivity index (χ2n) is 11.0. The molecule has 1 N–H and O–H groups in total. The van der Waals surface area contributed by atoms with Crippen LogP contribution in [0.1, 0.15) is 50.1 Å². The zero-order valence-electron chi connectivity index (χ0n) is 21.2. The van der Waals surface area contributed by atoms with Crippen molar-refractivity contribution >= 4 is 22.9 Å². The first kappa shape index (κ1) is 25.2. The Balaban J connectivity index is 1.39. The molecule has 0 bridgehead atoms. The van der Waals surface area contributed by atoms with Crippen molar-refractivity contribution < 1.29 is 28.6 Å². The van der Waals surface area contributed by atoms with Crippen molar-refractivity contribution in [1.29, 1.82) is 0 Å². The predicted octanol–water partition coefficient (Wildman–Crippen LogP) is 4.74. The summed E-state index contributed by atoms with van der Waals surface area (Å²) in [6.45, 7) is 8.78. The van der Waals surface area contributed by atoms with Crippen LogP contribution in [0.4, 0.5) is 0 Å². The maximum absolute atomic E-state index is 13.0. The van der Waals surface area contributed by atoms with Crippen molar-refractivity contribution in [1.82, 2.24) is 0 Å². The van der Waals surface area contributed by atoms with Crippen LogP contribution in [0.5, 0.6) is 0 Å². The molecular weight excluding hydrogens is 472 g/mol. The Morgan fingerprint density at radius 1 is 1.24 bits per heavy atom. The molecule has 2 aromatic rings. The molecular formula is C30H32O7. The second-order valence-corrected chi connectivity index (χ2v) is 11.0. The molecule has 1 aromatic heterocycles. The highest BCUT2D eigenvalue weighted by Gasteiger charge is 2.58. The number of allylic oxidation sites excluding steroid dienone is 2. The third-order valence-electron chi connectivity index (χ3n) is 8.79. The van der Waals surface area contributed by atoms with Crippen LogP contribution < -0.4 is 5.43 Å². The summed E-state index contributed by atoms with van der Waals surface area (Å²) < 4.78 is 16.4. The summed E-state index contributed by atoms with van der Waals surface area (Å²) >= 11 is 0. The fourth-order valence-corrected chi connectivity index (χ4v) is 6.68. The van der Waals surface area contributed by atoms with Crippen LogP contribution in [0.15, 0.2) is 75.5 Å². The lowest BCUT2D eigenvalue weighted by atomic mass is 9.46. The van der Waals surface area contributed by atoms with Crippen molar-refractivity contribution in [2.24, 2.45) is 22.7 Å². The SMILES string of the molecule is C=C1CC[C@@H]2[C@](C)(COC(=O)c3cc(=O)c4ccccc4o3)[C@H](O)CC[C@@]2(C)[C@@H]1/C=C/C1=CCOC1=O. The van der Waals surface area contributed by atoms with Crippen molar-refractivity contribution in [3.63, 3.8) is 0 Å². The van der Waals surface area contributed by atoms with Crippen LogP contribution in [0, 0.1) is 22.7 Å². The normalized spacial score (nSPS) is 31.8. The van der Waals surface area contributed by atoms with Crippen LogP contribution in [0.3, 0.4) is 0 Å². The Bertz CT molecular complexity index is 1380. The Morgan fingerprint density at radius 3 is 2.78 bits per heavy atom. The van der Waals surface area contributed by atoms with E-state index in [4.69, 9.17) is 13.9 Å². The van der Waals surface area contributed by atoms with Gasteiger partial charge in [-0.15, -0.1) is 0 Å². The smallest absolute Gasteiger partial charge is 0.374 e. The van der Waals surface area contributed by atoms with Gasteiger partial charge in [-0.25, -0.2) is 9.59 Å². The van der Waals surface area contributed by atoms with Crippen molar-refractivity contribution in [2.45, 2.75) is 45.6 Å². The highest BCUT2D eigenvalue weighted by molar-refractivity contribution is 5.93. The minimum Gasteiger partial charge on any atom is -0.459 e. The van der Waals surface area contributed by atoms with E-state index in [1.54, 1.807) is 30.3 Å². The molecule has 0 unspecified atom stereocenters. The molecule has 2 heterocycles. The zero-order valence-corrected chi connectivity index (χ0v) is 21.2. The molecule has 0 radical (unpaired) electrons. The minimum absolute atomic E-state index is 0.00147. The molecule has 5 rings (SSSR count). The standard InChI is InChI=1S/C30H32O7/c1-18-8-11-25-29(2,21(18)10-9-19-13-15-35-27(19)33)14-12-26(32)30(25,3)17-36-28(34)24-16-22(31)20-6-4-5-7-23(20)37-24/h4-7,9-10,13,16,21,25-26,32H,1,8,11-12,14-15,17H2,2-3H3/b10-9+/t21-,25+,26-,29+,30+/m1/s1. The molecule has 194 valence electrons. The topological polar surface area (TPSA) is 103 Å². The molecule has 7 heteroatoms. The predicted molar refractivity (Wildman–Crippen MR) is 138 cm³/mol. The van der Waals surface area contributed by atoms with E-state index in [1.165, 1.54) is 0 Å². The Labute approximate surface area is 215 Å². The number of hydrogen-bond donors (Lipinski definition) is 1. The van der Waals surface area contributed by atoms with E-state index in [0.717, 1.165) is 30.9 Å². The first-order valence-corrected chi connectivity index (χ1v) is 12.7. The number of fused-ring (bicyclic) bond motifs is 2. The number of benzene rings is 1. The van der Waals surface area contributed by atoms with Gasteiger partial charge in [0.1, 0.15) is 12.2 Å². The minimum atomic E-state index is -0.730. The van der Waals surface area contributed by atoms with Crippen LogP contribution in [0.25, 0.3) is 11.0 Å². The van der Waals surface area contributed by atoms with Crippen LogP contribution in [-0.2, 0) is 14.3 Å². The number of esters is 2. The van der Waals surface area contributed by atoms with Gasteiger partial charge >= 0.3 is 11.9 Å². The number of cyclic esters (lactones) is 1. The van der Waals surface area contributed by atoms with E-state index in [0.29, 0.717) is 23.0 Å². The van der Waals surface area contributed by atoms with Gasteiger partial charge < -0.3 is 19.0 Å². The molecule has 3 aliphatic rings. The Morgan fingerprint density at radius 2 is 2.03 bits per heavy atom. The van der Waals surface area contributed by atoms with Gasteiger partial charge in [0.25, 0.3) is 0 Å². The van der Waals surface area contributed by atoms with Gasteiger partial charge in [0.15, 0.2) is 5.43 Å². The number of para-hydroxylation sites is 1. The number of aliphatic hydroxyl groups is 1. The van der Waals surface area contributed by atoms with Crippen molar-refractivity contribution in [2.75, 3.05) is 13.2 Å². The molecule has 2 saturated carbocycles. The maximum Gasteiger partial charge on any atom is 0.374 e. The maximum atomic E-state index is 13.0. The van der Waals surface area contributed by atoms with Crippen molar-refractivity contribution in [3.8, 4) is 0 Å². The molecule has 2 aliphatic carbocycles. The molecule has 1 aromatic carbocycles. The number of hydrogen-bond acceptors (Lipinski definition) is 7. The van der Waals surface area contributed by atoms with E-state index < -0.39 is 17.5 Å². The molecule has 0 saturated heterocycles. The van der Waals surface area contributed by atoms with E-state index in [2.05, 4.69) is 13.5 Å². The Kier molecular flexibility index (Phi) is 6.44. The third kappa shape index (κ3) is 4.35. The molecule has 7 nitrogen and oxygen atoms in total. The summed E-state index contributed by atoms with van der Waals surface area (Å²) in [6, 6.07) is 7.90. The van der Waals surface area contributed by atoms with Gasteiger partial charge in [-0.2, -0.15) is 0 Å². The molecule has 5 atom stereocenters. The van der Waals surface area contributed by atoms with E-state index in [1.807, 2.05) is 19.1 Å². The molecule has 37 heavy (non-hydrogen) atoms. The molecule has 1 aliphatic heterocycles. The summed E-state index contributed by atoms with van der Waals surface area (Å²) in [6.07, 6.45) is 7.88. The van der Waals surface area contributed by atoms with Crippen LogP contribution >= 0.6 is 0 Å². The summed E-state index contributed by atoms with van der Waals surface area (Å²) in [5, 5.41) is 11.6. The van der Waals surface area contributed by atoms with Gasteiger partial charge in [0, 0.05) is 17.4 Å². The first-order chi connectivity index (χ1) is 17.6. The third-order valence-corrected chi connectivity index (χ3v) is 8.79. The zero-order chi connectivity index (χ0) is 26.4. The van der Waals surface area contributed by atoms with Crippen LogP contribution in [-0.4, -0.2) is 36.4 Å². The lowest BCUT2D eigenvalue weighted by Crippen LogP contribution is -2.57. The summed E-state index contributed by atoms with van der Waals surface area (Å²) in [5.41, 5.74) is 0.689. The van der Waals surface area contributed by atoms with Gasteiger partial charge in [0.2, 0.25) is 5.76 Å². The number of ether oxygens (including phenoxy) is 2. The average molecular weight is 505 g/mol. The van der Waals surface area contributed by atoms with Crippen molar-refractivity contribution in [3.05, 3.63) is 82.3 Å². The fraction of sp³-hybridized carbons (Fsp3) is 0.433. The summed E-state index contributed by atoms with van der Waals surface area (Å²) in [7, 11) is 0. The van der Waals surface area contributed by atoms with E-state index in [9.17, 15) is 19.5 Å². The molecule has 0 spiro atoms. The van der Waals surface area contributed by atoms with E-state index in [-0.39, 0.29) is 47.6 Å². The van der Waals surface area contributed by atoms with Crippen LogP contribution in [0.2, 0.25) is 0 Å². The van der Waals surface area contributed by atoms with Gasteiger partial charge in [-0.05, 0) is 55.2 Å². The van der Waals surface area contributed by atoms with Gasteiger partial charge in [0.05, 0.1) is 23.7 Å². The number of rotatable bonds is 5. The average Bonchev–Trinajstić information content (AvgIpc) is 3.29. The number of carbonyl (C=O) groups excluding carboxylic acids is 2. The second kappa shape index (κ2) is 9.45. The number of carbonyl (C=O) groups is 2. The summed E-state index contributed by atoms with van der Waals surface area (Å²) in [5.74, 6) is -1.18. The molecule has 2 fully saturated rings. The van der Waals surface area contributed by atoms with Gasteiger partial charge in [-0.1, -0.05) is 50.3 Å². The first-order valence-electron chi connectivity index (χ1n) is 12.7. The monoisotopic (exact) mass is 504 g/mol. The largest absolute Gasteiger partial charge is 0.459 e. The lowest BCUT2D eigenvalue weighted by Gasteiger charge is -2.59. The fourth-order valence-electron chi connectivity index (χ4n) is 6.68. The number of aliphatic hydroxyl groups excluding tert-OH is 1. The van der Waals surface area contributed by atoms with Gasteiger partial charge in [-0.3, -0.25) is 4.79 Å². The molecule has 0 amide bonds. The lowest BCUT2D eigenvalue weighted by molar-refractivity contribution is -0.147. The Hall–Kier alpha value is -3.45. The highest BCUT2D eigenvalue weighted by atomic mass is 16.5. The van der Waals surface area contributed by atoms with E-state index >= 15 is 0 Å².